The van der Waals surface area contributed by atoms with Crippen LogP contribution in [0.1, 0.15) is 34.6 Å². The zero-order chi connectivity index (χ0) is 27.7. The van der Waals surface area contributed by atoms with Gasteiger partial charge in [-0.05, 0) is 71.2 Å². The van der Waals surface area contributed by atoms with E-state index in [1.807, 2.05) is 0 Å². The van der Waals surface area contributed by atoms with Crippen LogP contribution in [-0.4, -0.2) is 54.6 Å². The molecule has 3 N–H and O–H groups in total. The quantitative estimate of drug-likeness (QED) is 0.106. The topological polar surface area (TPSA) is 136 Å². The van der Waals surface area contributed by atoms with Crippen LogP contribution >= 0.6 is 7.75 Å². The molecule has 0 saturated heterocycles. The van der Waals surface area contributed by atoms with Gasteiger partial charge in [0, 0.05) is 5.57 Å². The number of aliphatic hydroxyl groups is 2. The summed E-state index contributed by atoms with van der Waals surface area (Å²) in [6, 6.07) is 2.82. The number of nitrogens with zero attached hydrogens (tertiary/aromatic N) is 1. The zero-order valence-corrected chi connectivity index (χ0v) is 21.4. The summed E-state index contributed by atoms with van der Waals surface area (Å²) < 4.78 is 70.4. The maximum absolute atomic E-state index is 13.5. The fourth-order valence-electron chi connectivity index (χ4n) is 2.53. The minimum atomic E-state index is -4.90. The molecule has 0 fully saturated rings. The molecule has 1 aromatic carbocycles. The molecule has 1 rings (SSSR count). The molecule has 0 bridgehead atoms. The van der Waals surface area contributed by atoms with Gasteiger partial charge in [0.05, 0.1) is 25.0 Å². The van der Waals surface area contributed by atoms with E-state index >= 15 is 0 Å². The van der Waals surface area contributed by atoms with E-state index in [0.29, 0.717) is 0 Å². The van der Waals surface area contributed by atoms with E-state index in [1.54, 1.807) is 13.8 Å². The third kappa shape index (κ3) is 10.4. The van der Waals surface area contributed by atoms with Crippen molar-refractivity contribution in [3.05, 3.63) is 46.9 Å². The average Bonchev–Trinajstić information content (AvgIpc) is 2.77. The van der Waals surface area contributed by atoms with Crippen LogP contribution in [0, 0.1) is 0 Å². The number of carbonyl (C=O) groups is 1. The van der Waals surface area contributed by atoms with Crippen LogP contribution in [0.25, 0.3) is 0 Å². The second-order valence-electron chi connectivity index (χ2n) is 7.73. The summed E-state index contributed by atoms with van der Waals surface area (Å²) >= 11 is 0. The summed E-state index contributed by atoms with van der Waals surface area (Å²) in [5, 5.41) is 22.3. The number of hydrogen-bond acceptors (Lipinski definition) is 9. The molecule has 1 unspecified atom stereocenters. The van der Waals surface area contributed by atoms with Gasteiger partial charge in [0.2, 0.25) is 0 Å². The number of rotatable bonds is 13. The number of aliphatic hydroxyl groups excluding tert-OH is 2. The van der Waals surface area contributed by atoms with Crippen LogP contribution in [0.15, 0.2) is 51.9 Å². The van der Waals surface area contributed by atoms with Crippen LogP contribution in [0.2, 0.25) is 0 Å². The Morgan fingerprint density at radius 1 is 1.17 bits per heavy atom. The number of alkyl halides is 3. The predicted octanol–water partition coefficient (Wildman–Crippen LogP) is 4.82. The van der Waals surface area contributed by atoms with Crippen LogP contribution in [0.5, 0.6) is 11.5 Å². The van der Waals surface area contributed by atoms with E-state index in [2.05, 4.69) is 21.5 Å². The van der Waals surface area contributed by atoms with Crippen LogP contribution < -0.4 is 14.3 Å². The maximum Gasteiger partial charge on any atom is 0.573 e. The Labute approximate surface area is 207 Å². The van der Waals surface area contributed by atoms with E-state index in [9.17, 15) is 32.7 Å². The van der Waals surface area contributed by atoms with Crippen LogP contribution in [0.4, 0.5) is 13.2 Å². The first-order chi connectivity index (χ1) is 16.6. The Balaban J connectivity index is 3.23. The lowest BCUT2D eigenvalue weighted by Crippen LogP contribution is -2.36. The summed E-state index contributed by atoms with van der Waals surface area (Å²) in [6.07, 6.45) is -5.36. The largest absolute Gasteiger partial charge is 0.573 e. The number of ether oxygens (including phenoxy) is 2. The van der Waals surface area contributed by atoms with Crippen LogP contribution in [0.3, 0.4) is 0 Å². The van der Waals surface area contributed by atoms with Gasteiger partial charge in [-0.25, -0.2) is 4.57 Å². The minimum Gasteiger partial charge on any atom is -0.506 e. The minimum absolute atomic E-state index is 0.0346. The van der Waals surface area contributed by atoms with Gasteiger partial charge < -0.3 is 24.2 Å². The highest BCUT2D eigenvalue weighted by Crippen LogP contribution is 2.46. The molecule has 0 heterocycles. The second kappa shape index (κ2) is 13.4. The normalized spacial score (nSPS) is 15.8. The molecule has 0 amide bonds. The van der Waals surface area contributed by atoms with Gasteiger partial charge in [0.25, 0.3) is 0 Å². The highest BCUT2D eigenvalue weighted by molar-refractivity contribution is 7.52. The molecule has 0 aromatic heterocycles. The third-order valence-corrected chi connectivity index (χ3v) is 5.95. The first-order valence-electron chi connectivity index (χ1n) is 10.6. The smallest absolute Gasteiger partial charge is 0.506 e. The van der Waals surface area contributed by atoms with Crippen molar-refractivity contribution in [3.63, 3.8) is 0 Å². The number of carbonyl (C=O) groups excluding carboxylic acids is 1. The first-order valence-corrected chi connectivity index (χ1v) is 12.1. The van der Waals surface area contributed by atoms with Crippen molar-refractivity contribution < 1.29 is 51.3 Å². The van der Waals surface area contributed by atoms with Crippen LogP contribution in [-0.2, 0) is 18.6 Å². The molecule has 10 nitrogen and oxygen atoms in total. The first kappa shape index (κ1) is 31.2. The number of halogens is 3. The Hall–Kier alpha value is -2.86. The summed E-state index contributed by atoms with van der Waals surface area (Å²) in [7, 11) is -4.38. The molecule has 0 saturated carbocycles. The van der Waals surface area contributed by atoms with Gasteiger partial charge in [0.1, 0.15) is 23.3 Å². The van der Waals surface area contributed by atoms with Crippen molar-refractivity contribution in [2.75, 3.05) is 13.2 Å². The Kier molecular flexibility index (Phi) is 11.6. The predicted molar refractivity (Wildman–Crippen MR) is 126 cm³/mol. The molecule has 0 spiro atoms. The number of nitrogens with one attached hydrogen (secondary N) is 1. The lowest BCUT2D eigenvalue weighted by Gasteiger charge is -2.24. The summed E-state index contributed by atoms with van der Waals surface area (Å²) in [4.78, 5) is 15.8. The number of aliphatic imine (C=N–C) groups is 1. The SMILES string of the molecule is C=N/C(C)=C(O)\C(CO)=C(/C)COP(=O)(N[C@@H](C)C(=O)OC(C)C)Oc1ccc(OC(F)(F)F)cc1. The molecular formula is C22H30F3N2O8P. The zero-order valence-electron chi connectivity index (χ0n) is 20.5. The second-order valence-corrected chi connectivity index (χ2v) is 9.42. The summed E-state index contributed by atoms with van der Waals surface area (Å²) in [5.41, 5.74) is 0.407. The molecule has 0 aliphatic rings. The standard InChI is InChI=1S/C22H30F3N2O8P/c1-13(2)33-21(30)16(5)27-36(31,32-12-14(3)19(11-28)20(29)15(4)26-6)35-18-9-7-17(8-10-18)34-22(23,24)25/h7-10,13,16,28-29H,6,11-12H2,1-5H3,(H,27,31)/b19-14+,20-15+/t16-,36?/m0/s1. The van der Waals surface area contributed by atoms with E-state index in [-0.39, 0.29) is 28.4 Å². The summed E-state index contributed by atoms with van der Waals surface area (Å²) in [5.74, 6) is -1.81. The molecule has 0 aliphatic heterocycles. The molecule has 36 heavy (non-hydrogen) atoms. The van der Waals surface area contributed by atoms with Crippen molar-refractivity contribution in [2.45, 2.75) is 53.1 Å². The fraction of sp³-hybridized carbons (Fsp3) is 0.455. The Bertz CT molecular complexity index is 1020. The molecule has 14 heteroatoms. The van der Waals surface area contributed by atoms with Gasteiger partial charge in [0.15, 0.2) is 0 Å². The molecule has 1 aromatic rings. The summed E-state index contributed by atoms with van der Waals surface area (Å²) in [6.45, 7) is 9.75. The molecule has 0 radical (unpaired) electrons. The van der Waals surface area contributed by atoms with E-state index < -0.39 is 51.2 Å². The van der Waals surface area contributed by atoms with Gasteiger partial charge in [-0.15, -0.1) is 13.2 Å². The third-order valence-electron chi connectivity index (χ3n) is 4.33. The number of allylic oxidation sites excluding steroid dienone is 1. The molecule has 202 valence electrons. The maximum atomic E-state index is 13.5. The number of benzene rings is 1. The number of hydrogen-bond donors (Lipinski definition) is 3. The fourth-order valence-corrected chi connectivity index (χ4v) is 4.05. The van der Waals surface area contributed by atoms with E-state index in [0.717, 1.165) is 24.3 Å². The Morgan fingerprint density at radius 3 is 2.19 bits per heavy atom. The van der Waals surface area contributed by atoms with Gasteiger partial charge in [-0.2, -0.15) is 5.09 Å². The van der Waals surface area contributed by atoms with Gasteiger partial charge in [-0.1, -0.05) is 0 Å². The number of esters is 1. The molecular weight excluding hydrogens is 508 g/mol. The lowest BCUT2D eigenvalue weighted by atomic mass is 10.1. The van der Waals surface area contributed by atoms with Crippen molar-refractivity contribution in [1.29, 1.82) is 0 Å². The van der Waals surface area contributed by atoms with Crippen molar-refractivity contribution in [1.82, 2.24) is 5.09 Å². The Morgan fingerprint density at radius 2 is 1.72 bits per heavy atom. The highest BCUT2D eigenvalue weighted by Gasteiger charge is 2.34. The van der Waals surface area contributed by atoms with Gasteiger partial charge >= 0.3 is 20.1 Å². The van der Waals surface area contributed by atoms with Crippen molar-refractivity contribution >= 4 is 20.4 Å². The van der Waals surface area contributed by atoms with Crippen molar-refractivity contribution in [3.8, 4) is 11.5 Å². The lowest BCUT2D eigenvalue weighted by molar-refractivity contribution is -0.274. The van der Waals surface area contributed by atoms with Crippen molar-refractivity contribution in [2.24, 2.45) is 4.99 Å². The van der Waals surface area contributed by atoms with E-state index in [1.165, 1.54) is 20.8 Å². The average molecular weight is 538 g/mol. The highest BCUT2D eigenvalue weighted by atomic mass is 31.2. The molecule has 2 atom stereocenters. The van der Waals surface area contributed by atoms with E-state index in [4.69, 9.17) is 13.8 Å². The molecule has 0 aliphatic carbocycles. The van der Waals surface area contributed by atoms with Gasteiger partial charge in [-0.3, -0.25) is 14.3 Å². The monoisotopic (exact) mass is 538 g/mol.